The second-order valence-corrected chi connectivity index (χ2v) is 7.69. The molecule has 4 nitrogen and oxygen atoms in total. The Bertz CT molecular complexity index is 791. The first-order chi connectivity index (χ1) is 13.3. The van der Waals surface area contributed by atoms with Gasteiger partial charge in [0.2, 0.25) is 11.8 Å². The first-order valence-corrected chi connectivity index (χ1v) is 10.2. The number of amides is 2. The highest BCUT2D eigenvalue weighted by atomic mass is 35.5. The van der Waals surface area contributed by atoms with Crippen LogP contribution in [0.1, 0.15) is 38.3 Å². The minimum Gasteiger partial charge on any atom is -0.352 e. The van der Waals surface area contributed by atoms with E-state index in [0.29, 0.717) is 22.2 Å². The fraction of sp³-hybridized carbons (Fsp3) is 0.364. The van der Waals surface area contributed by atoms with E-state index in [9.17, 15) is 9.59 Å². The molecule has 0 heterocycles. The van der Waals surface area contributed by atoms with E-state index in [0.717, 1.165) is 12.0 Å². The fourth-order valence-corrected chi connectivity index (χ4v) is 3.31. The van der Waals surface area contributed by atoms with Crippen molar-refractivity contribution in [2.45, 2.75) is 52.2 Å². The van der Waals surface area contributed by atoms with Gasteiger partial charge >= 0.3 is 0 Å². The highest BCUT2D eigenvalue weighted by Crippen LogP contribution is 2.26. The molecule has 0 aliphatic carbocycles. The van der Waals surface area contributed by atoms with Gasteiger partial charge in [-0.05, 0) is 43.5 Å². The van der Waals surface area contributed by atoms with Gasteiger partial charge in [0.15, 0.2) is 0 Å². The first kappa shape index (κ1) is 22.3. The van der Waals surface area contributed by atoms with Gasteiger partial charge in [-0.2, -0.15) is 0 Å². The Balaban J connectivity index is 2.26. The maximum atomic E-state index is 13.2. The lowest BCUT2D eigenvalue weighted by molar-refractivity contribution is -0.140. The number of rotatable bonds is 8. The molecule has 1 N–H and O–H groups in total. The van der Waals surface area contributed by atoms with Crippen LogP contribution in [0.5, 0.6) is 0 Å². The van der Waals surface area contributed by atoms with Crippen LogP contribution in [0.4, 0.5) is 0 Å². The number of benzene rings is 2. The van der Waals surface area contributed by atoms with E-state index in [2.05, 4.69) is 5.32 Å². The Morgan fingerprint density at radius 3 is 2.18 bits per heavy atom. The van der Waals surface area contributed by atoms with Gasteiger partial charge in [0.05, 0.1) is 6.42 Å². The zero-order valence-corrected chi connectivity index (χ0v) is 17.9. The maximum Gasteiger partial charge on any atom is 0.242 e. The lowest BCUT2D eigenvalue weighted by Crippen LogP contribution is -2.49. The molecule has 0 spiro atoms. The van der Waals surface area contributed by atoms with Gasteiger partial charge in [-0.3, -0.25) is 9.59 Å². The summed E-state index contributed by atoms with van der Waals surface area (Å²) >= 11 is 12.5. The van der Waals surface area contributed by atoms with Crippen LogP contribution in [0, 0.1) is 0 Å². The standard InChI is InChI=1S/C22H26Cl2N2O2/c1-4-15(2)25-22(28)16(3)26(14-17-9-6-5-7-10-17)21(27)13-18-19(23)11-8-12-20(18)24/h5-12,15-16H,4,13-14H2,1-3H3,(H,25,28)/t15-,16-/m0/s1. The van der Waals surface area contributed by atoms with Gasteiger partial charge in [0.1, 0.15) is 6.04 Å². The molecule has 2 aromatic rings. The van der Waals surface area contributed by atoms with Crippen LogP contribution in [0.15, 0.2) is 48.5 Å². The molecule has 28 heavy (non-hydrogen) atoms. The van der Waals surface area contributed by atoms with Crippen molar-refractivity contribution in [1.82, 2.24) is 10.2 Å². The predicted molar refractivity (Wildman–Crippen MR) is 115 cm³/mol. The van der Waals surface area contributed by atoms with Crippen molar-refractivity contribution < 1.29 is 9.59 Å². The van der Waals surface area contributed by atoms with Crippen LogP contribution in [-0.4, -0.2) is 28.8 Å². The molecule has 2 aromatic carbocycles. The van der Waals surface area contributed by atoms with Crippen LogP contribution in [0.25, 0.3) is 0 Å². The van der Waals surface area contributed by atoms with Crippen LogP contribution in [0.2, 0.25) is 10.0 Å². The van der Waals surface area contributed by atoms with Crippen LogP contribution in [0.3, 0.4) is 0 Å². The van der Waals surface area contributed by atoms with Crippen molar-refractivity contribution in [3.63, 3.8) is 0 Å². The summed E-state index contributed by atoms with van der Waals surface area (Å²) in [5.41, 5.74) is 1.52. The summed E-state index contributed by atoms with van der Waals surface area (Å²) in [6, 6.07) is 14.2. The van der Waals surface area contributed by atoms with Gasteiger partial charge in [0.25, 0.3) is 0 Å². The lowest BCUT2D eigenvalue weighted by atomic mass is 10.1. The Labute approximate surface area is 176 Å². The summed E-state index contributed by atoms with van der Waals surface area (Å²) in [5, 5.41) is 3.84. The fourth-order valence-electron chi connectivity index (χ4n) is 2.78. The summed E-state index contributed by atoms with van der Waals surface area (Å²) in [6.07, 6.45) is 0.854. The highest BCUT2D eigenvalue weighted by Gasteiger charge is 2.27. The summed E-state index contributed by atoms with van der Waals surface area (Å²) in [6.45, 7) is 6.02. The number of nitrogens with one attached hydrogen (secondary N) is 1. The van der Waals surface area contributed by atoms with Crippen molar-refractivity contribution in [3.05, 3.63) is 69.7 Å². The zero-order chi connectivity index (χ0) is 20.7. The van der Waals surface area contributed by atoms with E-state index in [1.54, 1.807) is 30.0 Å². The molecule has 2 atom stereocenters. The number of carbonyl (C=O) groups excluding carboxylic acids is 2. The van der Waals surface area contributed by atoms with Gasteiger partial charge in [-0.1, -0.05) is 66.5 Å². The summed E-state index contributed by atoms with van der Waals surface area (Å²) in [4.78, 5) is 27.4. The van der Waals surface area contributed by atoms with E-state index in [-0.39, 0.29) is 24.3 Å². The molecule has 0 saturated heterocycles. The molecular weight excluding hydrogens is 395 g/mol. The molecular formula is C22H26Cl2N2O2. The minimum absolute atomic E-state index is 0.0340. The third-order valence-corrected chi connectivity index (χ3v) is 5.46. The van der Waals surface area contributed by atoms with E-state index in [1.807, 2.05) is 44.2 Å². The van der Waals surface area contributed by atoms with Crippen LogP contribution in [-0.2, 0) is 22.6 Å². The molecule has 0 unspecified atom stereocenters. The summed E-state index contributed by atoms with van der Waals surface area (Å²) in [5.74, 6) is -0.380. The molecule has 150 valence electrons. The van der Waals surface area contributed by atoms with Crippen molar-refractivity contribution in [2.75, 3.05) is 0 Å². The first-order valence-electron chi connectivity index (χ1n) is 9.40. The lowest BCUT2D eigenvalue weighted by Gasteiger charge is -2.30. The second kappa shape index (κ2) is 10.5. The normalized spacial score (nSPS) is 12.9. The Morgan fingerprint density at radius 2 is 1.61 bits per heavy atom. The molecule has 2 amide bonds. The van der Waals surface area contributed by atoms with E-state index >= 15 is 0 Å². The third kappa shape index (κ3) is 5.98. The number of carbonyl (C=O) groups is 2. The quantitative estimate of drug-likeness (QED) is 0.661. The SMILES string of the molecule is CC[C@H](C)NC(=O)[C@H](C)N(Cc1ccccc1)C(=O)Cc1c(Cl)cccc1Cl. The molecule has 0 aromatic heterocycles. The van der Waals surface area contributed by atoms with Crippen LogP contribution < -0.4 is 5.32 Å². The zero-order valence-electron chi connectivity index (χ0n) is 16.4. The van der Waals surface area contributed by atoms with Crippen molar-refractivity contribution in [3.8, 4) is 0 Å². The summed E-state index contributed by atoms with van der Waals surface area (Å²) in [7, 11) is 0. The van der Waals surface area contributed by atoms with Gasteiger partial charge < -0.3 is 10.2 Å². The number of nitrogens with zero attached hydrogens (tertiary/aromatic N) is 1. The van der Waals surface area contributed by atoms with Crippen molar-refractivity contribution in [2.24, 2.45) is 0 Å². The molecule has 6 heteroatoms. The average Bonchev–Trinajstić information content (AvgIpc) is 2.69. The van der Waals surface area contributed by atoms with Crippen molar-refractivity contribution >= 4 is 35.0 Å². The van der Waals surface area contributed by atoms with Crippen LogP contribution >= 0.6 is 23.2 Å². The van der Waals surface area contributed by atoms with Gasteiger partial charge in [-0.25, -0.2) is 0 Å². The number of hydrogen-bond acceptors (Lipinski definition) is 2. The minimum atomic E-state index is -0.622. The number of hydrogen-bond donors (Lipinski definition) is 1. The summed E-state index contributed by atoms with van der Waals surface area (Å²) < 4.78 is 0. The Hall–Kier alpha value is -2.04. The molecule has 0 saturated carbocycles. The van der Waals surface area contributed by atoms with E-state index < -0.39 is 6.04 Å². The Morgan fingerprint density at radius 1 is 1.00 bits per heavy atom. The predicted octanol–water partition coefficient (Wildman–Crippen LogP) is 4.87. The monoisotopic (exact) mass is 420 g/mol. The smallest absolute Gasteiger partial charge is 0.242 e. The number of halogens is 2. The van der Waals surface area contributed by atoms with E-state index in [1.165, 1.54) is 0 Å². The second-order valence-electron chi connectivity index (χ2n) is 6.88. The third-order valence-electron chi connectivity index (χ3n) is 4.75. The largest absolute Gasteiger partial charge is 0.352 e. The Kier molecular flexibility index (Phi) is 8.34. The molecule has 0 aliphatic heterocycles. The maximum absolute atomic E-state index is 13.2. The molecule has 0 radical (unpaired) electrons. The highest BCUT2D eigenvalue weighted by molar-refractivity contribution is 6.36. The van der Waals surface area contributed by atoms with Gasteiger partial charge in [-0.15, -0.1) is 0 Å². The molecule has 0 bridgehead atoms. The van der Waals surface area contributed by atoms with Gasteiger partial charge in [0, 0.05) is 22.6 Å². The molecule has 0 aliphatic rings. The van der Waals surface area contributed by atoms with E-state index in [4.69, 9.17) is 23.2 Å². The topological polar surface area (TPSA) is 49.4 Å². The van der Waals surface area contributed by atoms with Crippen molar-refractivity contribution in [1.29, 1.82) is 0 Å². The molecule has 0 fully saturated rings. The molecule has 2 rings (SSSR count). The average molecular weight is 421 g/mol.